The van der Waals surface area contributed by atoms with Crippen LogP contribution in [0.2, 0.25) is 0 Å². The fourth-order valence-electron chi connectivity index (χ4n) is 1.89. The van der Waals surface area contributed by atoms with Crippen molar-refractivity contribution in [1.29, 1.82) is 10.5 Å². The van der Waals surface area contributed by atoms with E-state index < -0.39 is 5.91 Å². The van der Waals surface area contributed by atoms with Crippen molar-refractivity contribution in [3.8, 4) is 12.1 Å². The summed E-state index contributed by atoms with van der Waals surface area (Å²) in [7, 11) is 0. The highest BCUT2D eigenvalue weighted by molar-refractivity contribution is 7.14. The fraction of sp³-hybridized carbons (Fsp3) is 0.438. The van der Waals surface area contributed by atoms with E-state index in [1.54, 1.807) is 18.2 Å². The molecule has 0 atom stereocenters. The third-order valence-electron chi connectivity index (χ3n) is 3.14. The van der Waals surface area contributed by atoms with Gasteiger partial charge in [0.05, 0.1) is 17.0 Å². The minimum atomic E-state index is -0.401. The van der Waals surface area contributed by atoms with Gasteiger partial charge in [0.2, 0.25) is 5.91 Å². The summed E-state index contributed by atoms with van der Waals surface area (Å²) >= 11 is 1.40. The van der Waals surface area contributed by atoms with E-state index in [4.69, 9.17) is 10.5 Å². The average Bonchev–Trinajstić information content (AvgIpc) is 2.96. The van der Waals surface area contributed by atoms with Crippen molar-refractivity contribution in [3.63, 3.8) is 0 Å². The zero-order valence-electron chi connectivity index (χ0n) is 12.9. The summed E-state index contributed by atoms with van der Waals surface area (Å²) in [4.78, 5) is 38.2. The lowest BCUT2D eigenvalue weighted by atomic mass is 10.1. The third kappa shape index (κ3) is 6.41. The van der Waals surface area contributed by atoms with Crippen molar-refractivity contribution in [1.82, 2.24) is 4.90 Å². The number of carbonyl (C=O) groups is 3. The second kappa shape index (κ2) is 9.50. The second-order valence-electron chi connectivity index (χ2n) is 4.94. The summed E-state index contributed by atoms with van der Waals surface area (Å²) in [6.45, 7) is 1.57. The second-order valence-corrected chi connectivity index (χ2v) is 6.23. The molecule has 0 unspecified atom stereocenters. The van der Waals surface area contributed by atoms with Gasteiger partial charge in [-0.05, 0) is 19.1 Å². The molecule has 0 spiro atoms. The highest BCUT2D eigenvalue weighted by Gasteiger charge is 2.16. The Hall–Kier alpha value is -2.51. The maximum absolute atomic E-state index is 11.9. The molecule has 0 saturated heterocycles. The highest BCUT2D eigenvalue weighted by atomic mass is 32.1. The van der Waals surface area contributed by atoms with E-state index in [-0.39, 0.29) is 50.3 Å². The number of carbonyl (C=O) groups excluding carboxylic acids is 3. The van der Waals surface area contributed by atoms with Crippen LogP contribution in [-0.2, 0) is 9.59 Å². The minimum absolute atomic E-state index is 0.0168. The number of thiophene rings is 1. The predicted octanol–water partition coefficient (Wildman–Crippen LogP) is 2.24. The SMILES string of the molecule is Cc1ccc(C(=O)CCC(=O)CCC(=O)N(CC#N)CC#N)s1. The van der Waals surface area contributed by atoms with Crippen molar-refractivity contribution in [2.24, 2.45) is 0 Å². The molecule has 0 fully saturated rings. The largest absolute Gasteiger partial charge is 0.316 e. The van der Waals surface area contributed by atoms with Crippen LogP contribution in [0.25, 0.3) is 0 Å². The van der Waals surface area contributed by atoms with Crippen LogP contribution in [0.5, 0.6) is 0 Å². The Kier molecular flexibility index (Phi) is 7.65. The van der Waals surface area contributed by atoms with Gasteiger partial charge in [0.25, 0.3) is 0 Å². The number of aryl methyl sites for hydroxylation is 1. The van der Waals surface area contributed by atoms with E-state index in [1.165, 1.54) is 11.3 Å². The summed E-state index contributed by atoms with van der Waals surface area (Å²) in [5.74, 6) is -0.645. The van der Waals surface area contributed by atoms with E-state index >= 15 is 0 Å². The van der Waals surface area contributed by atoms with Gasteiger partial charge in [-0.1, -0.05) is 0 Å². The van der Waals surface area contributed by atoms with Crippen LogP contribution < -0.4 is 0 Å². The Labute approximate surface area is 138 Å². The Balaban J connectivity index is 2.36. The summed E-state index contributed by atoms with van der Waals surface area (Å²) in [6, 6.07) is 7.22. The Bertz CT molecular complexity index is 651. The minimum Gasteiger partial charge on any atom is -0.316 e. The Morgan fingerprint density at radius 1 is 1.04 bits per heavy atom. The van der Waals surface area contributed by atoms with E-state index in [0.717, 1.165) is 9.78 Å². The Morgan fingerprint density at radius 2 is 1.65 bits per heavy atom. The van der Waals surface area contributed by atoms with Crippen LogP contribution >= 0.6 is 11.3 Å². The first-order valence-corrected chi connectivity index (χ1v) is 7.92. The lowest BCUT2D eigenvalue weighted by Crippen LogP contribution is -2.31. The smallest absolute Gasteiger partial charge is 0.224 e. The first-order chi connectivity index (χ1) is 11.0. The highest BCUT2D eigenvalue weighted by Crippen LogP contribution is 2.17. The molecule has 0 aromatic carbocycles. The van der Waals surface area contributed by atoms with Crippen LogP contribution in [0, 0.1) is 29.6 Å². The van der Waals surface area contributed by atoms with Crippen LogP contribution in [0.15, 0.2) is 12.1 Å². The third-order valence-corrected chi connectivity index (χ3v) is 4.18. The van der Waals surface area contributed by atoms with Gasteiger partial charge in [-0.15, -0.1) is 11.3 Å². The quantitative estimate of drug-likeness (QED) is 0.510. The molecular formula is C16H17N3O3S. The monoisotopic (exact) mass is 331 g/mol. The van der Waals surface area contributed by atoms with Gasteiger partial charge in [0, 0.05) is 30.6 Å². The molecule has 1 aromatic rings. The van der Waals surface area contributed by atoms with Gasteiger partial charge in [-0.25, -0.2) is 0 Å². The first kappa shape index (κ1) is 18.5. The predicted molar refractivity (Wildman–Crippen MR) is 84.7 cm³/mol. The summed E-state index contributed by atoms with van der Waals surface area (Å²) in [5.41, 5.74) is 0. The number of hydrogen-bond donors (Lipinski definition) is 0. The lowest BCUT2D eigenvalue weighted by molar-refractivity contribution is -0.132. The number of nitriles is 2. The summed E-state index contributed by atoms with van der Waals surface area (Å²) in [6.07, 6.45) is 0.198. The van der Waals surface area contributed by atoms with E-state index in [0.29, 0.717) is 4.88 Å². The number of Topliss-reactive ketones (excluding diaryl/α,β-unsaturated/α-hetero) is 2. The number of amides is 1. The molecule has 0 aliphatic rings. The van der Waals surface area contributed by atoms with E-state index in [1.807, 2.05) is 13.0 Å². The topological polar surface area (TPSA) is 102 Å². The molecule has 1 aromatic heterocycles. The molecule has 6 nitrogen and oxygen atoms in total. The van der Waals surface area contributed by atoms with Gasteiger partial charge in [-0.2, -0.15) is 10.5 Å². The van der Waals surface area contributed by atoms with Gasteiger partial charge >= 0.3 is 0 Å². The zero-order chi connectivity index (χ0) is 17.2. The summed E-state index contributed by atoms with van der Waals surface area (Å²) in [5, 5.41) is 17.2. The maximum atomic E-state index is 11.9. The standard InChI is InChI=1S/C16H17N3O3S/c1-12-2-6-15(23-12)14(21)5-3-13(20)4-7-16(22)19(10-8-17)11-9-18/h2,6H,3-5,7,10-11H2,1H3. The lowest BCUT2D eigenvalue weighted by Gasteiger charge is -2.15. The van der Waals surface area contributed by atoms with Gasteiger partial charge in [0.15, 0.2) is 5.78 Å². The molecule has 0 aliphatic carbocycles. The molecular weight excluding hydrogens is 314 g/mol. The molecule has 0 aliphatic heterocycles. The average molecular weight is 331 g/mol. The fourth-order valence-corrected chi connectivity index (χ4v) is 2.73. The molecule has 0 saturated carbocycles. The summed E-state index contributed by atoms with van der Waals surface area (Å²) < 4.78 is 0. The molecule has 0 N–H and O–H groups in total. The maximum Gasteiger partial charge on any atom is 0.224 e. The number of ketones is 2. The van der Waals surface area contributed by atoms with Gasteiger partial charge in [0.1, 0.15) is 18.9 Å². The van der Waals surface area contributed by atoms with Gasteiger partial charge in [-0.3, -0.25) is 14.4 Å². The number of nitrogens with zero attached hydrogens (tertiary/aromatic N) is 3. The first-order valence-electron chi connectivity index (χ1n) is 7.11. The van der Waals surface area contributed by atoms with Crippen molar-refractivity contribution in [2.75, 3.05) is 13.1 Å². The van der Waals surface area contributed by atoms with Gasteiger partial charge < -0.3 is 4.90 Å². The van der Waals surface area contributed by atoms with Crippen LogP contribution in [0.3, 0.4) is 0 Å². The van der Waals surface area contributed by atoms with Crippen molar-refractivity contribution < 1.29 is 14.4 Å². The van der Waals surface area contributed by atoms with Crippen LogP contribution in [-0.4, -0.2) is 35.5 Å². The van der Waals surface area contributed by atoms with Crippen LogP contribution in [0.1, 0.15) is 40.2 Å². The molecule has 0 bridgehead atoms. The molecule has 23 heavy (non-hydrogen) atoms. The molecule has 1 rings (SSSR count). The normalized spacial score (nSPS) is 9.70. The molecule has 1 heterocycles. The number of rotatable bonds is 9. The van der Waals surface area contributed by atoms with E-state index in [2.05, 4.69) is 0 Å². The number of hydrogen-bond acceptors (Lipinski definition) is 6. The Morgan fingerprint density at radius 3 is 2.17 bits per heavy atom. The van der Waals surface area contributed by atoms with Crippen LogP contribution in [0.4, 0.5) is 0 Å². The van der Waals surface area contributed by atoms with E-state index in [9.17, 15) is 14.4 Å². The molecule has 120 valence electrons. The van der Waals surface area contributed by atoms with Crippen molar-refractivity contribution >= 4 is 28.8 Å². The molecule has 1 amide bonds. The van der Waals surface area contributed by atoms with Crippen molar-refractivity contribution in [2.45, 2.75) is 32.6 Å². The molecule has 0 radical (unpaired) electrons. The molecule has 7 heteroatoms. The van der Waals surface area contributed by atoms with Crippen molar-refractivity contribution in [3.05, 3.63) is 21.9 Å². The zero-order valence-corrected chi connectivity index (χ0v) is 13.7.